The molecule has 0 spiro atoms. The van der Waals surface area contributed by atoms with E-state index >= 15 is 0 Å². The van der Waals surface area contributed by atoms with E-state index in [9.17, 15) is 9.50 Å². The largest absolute Gasteiger partial charge is 0.505 e. The Labute approximate surface area is 82.0 Å². The maximum Gasteiger partial charge on any atom is 0.165 e. The van der Waals surface area contributed by atoms with Crippen LogP contribution in [0.15, 0.2) is 18.2 Å². The third kappa shape index (κ3) is 2.21. The third-order valence-electron chi connectivity index (χ3n) is 2.19. The lowest BCUT2D eigenvalue weighted by atomic mass is 10.0. The van der Waals surface area contributed by atoms with E-state index in [1.54, 1.807) is 0 Å². The van der Waals surface area contributed by atoms with Gasteiger partial charge < -0.3 is 15.9 Å². The van der Waals surface area contributed by atoms with Crippen LogP contribution in [-0.4, -0.2) is 16.3 Å². The molecule has 0 heterocycles. The van der Waals surface area contributed by atoms with E-state index in [1.165, 1.54) is 12.1 Å². The number of phenols is 1. The van der Waals surface area contributed by atoms with E-state index in [1.807, 2.05) is 6.92 Å². The number of aromatic hydroxyl groups is 1. The fourth-order valence-corrected chi connectivity index (χ4v) is 1.18. The quantitative estimate of drug-likeness (QED) is 0.687. The van der Waals surface area contributed by atoms with Crippen molar-refractivity contribution >= 4 is 0 Å². The standard InChI is InChI=1S/C10H14FNO2/c1-2-8(12)10(14)6-3-4-9(13)7(11)5-6/h3-5,8,10,13-14H,2,12H2,1H3/t8-,10-/m1/s1. The molecule has 0 amide bonds. The highest BCUT2D eigenvalue weighted by molar-refractivity contribution is 5.29. The molecule has 0 fully saturated rings. The first kappa shape index (κ1) is 10.9. The SMILES string of the molecule is CC[C@@H](N)[C@H](O)c1ccc(O)c(F)c1. The van der Waals surface area contributed by atoms with Crippen LogP contribution in [0.3, 0.4) is 0 Å². The maximum absolute atomic E-state index is 12.9. The Bertz CT molecular complexity index is 317. The lowest BCUT2D eigenvalue weighted by Crippen LogP contribution is -2.27. The molecule has 78 valence electrons. The Morgan fingerprint density at radius 1 is 1.50 bits per heavy atom. The van der Waals surface area contributed by atoms with Gasteiger partial charge in [-0.3, -0.25) is 0 Å². The van der Waals surface area contributed by atoms with Crippen LogP contribution in [0.25, 0.3) is 0 Å². The molecule has 0 aromatic heterocycles. The molecule has 1 aromatic carbocycles. The van der Waals surface area contributed by atoms with Crippen molar-refractivity contribution < 1.29 is 14.6 Å². The summed E-state index contributed by atoms with van der Waals surface area (Å²) < 4.78 is 12.9. The van der Waals surface area contributed by atoms with Gasteiger partial charge in [-0.2, -0.15) is 0 Å². The maximum atomic E-state index is 12.9. The van der Waals surface area contributed by atoms with Gasteiger partial charge in [0.1, 0.15) is 0 Å². The molecule has 0 unspecified atom stereocenters. The average molecular weight is 199 g/mol. The third-order valence-corrected chi connectivity index (χ3v) is 2.19. The molecule has 14 heavy (non-hydrogen) atoms. The number of aliphatic hydroxyl groups excluding tert-OH is 1. The Kier molecular flexibility index (Phi) is 3.43. The van der Waals surface area contributed by atoms with E-state index in [2.05, 4.69) is 0 Å². The van der Waals surface area contributed by atoms with Crippen molar-refractivity contribution in [3.05, 3.63) is 29.6 Å². The van der Waals surface area contributed by atoms with E-state index in [-0.39, 0.29) is 0 Å². The van der Waals surface area contributed by atoms with Crippen molar-refractivity contribution in [2.24, 2.45) is 5.73 Å². The molecule has 2 atom stereocenters. The van der Waals surface area contributed by atoms with Gasteiger partial charge in [-0.15, -0.1) is 0 Å². The van der Waals surface area contributed by atoms with Gasteiger partial charge in [0.25, 0.3) is 0 Å². The molecule has 0 bridgehead atoms. The number of hydrogen-bond donors (Lipinski definition) is 3. The number of aliphatic hydroxyl groups is 1. The van der Waals surface area contributed by atoms with Gasteiger partial charge in [0.15, 0.2) is 11.6 Å². The van der Waals surface area contributed by atoms with Crippen LogP contribution in [-0.2, 0) is 0 Å². The molecular weight excluding hydrogens is 185 g/mol. The molecule has 0 aliphatic carbocycles. The zero-order valence-electron chi connectivity index (χ0n) is 7.94. The molecule has 0 radical (unpaired) electrons. The summed E-state index contributed by atoms with van der Waals surface area (Å²) >= 11 is 0. The van der Waals surface area contributed by atoms with Gasteiger partial charge >= 0.3 is 0 Å². The topological polar surface area (TPSA) is 66.5 Å². The molecule has 4 N–H and O–H groups in total. The summed E-state index contributed by atoms with van der Waals surface area (Å²) in [4.78, 5) is 0. The second-order valence-electron chi connectivity index (χ2n) is 3.23. The molecule has 0 saturated heterocycles. The number of nitrogens with two attached hydrogens (primary N) is 1. The first-order valence-electron chi connectivity index (χ1n) is 4.48. The van der Waals surface area contributed by atoms with Gasteiger partial charge in [-0.25, -0.2) is 4.39 Å². The van der Waals surface area contributed by atoms with Gasteiger partial charge in [-0.05, 0) is 24.1 Å². The Hall–Kier alpha value is -1.13. The van der Waals surface area contributed by atoms with Gasteiger partial charge in [0, 0.05) is 6.04 Å². The van der Waals surface area contributed by atoms with E-state index < -0.39 is 23.7 Å². The minimum absolute atomic E-state index is 0.384. The molecule has 4 heteroatoms. The summed E-state index contributed by atoms with van der Waals surface area (Å²) in [6.45, 7) is 1.84. The first-order chi connectivity index (χ1) is 6.56. The van der Waals surface area contributed by atoms with E-state index in [0.29, 0.717) is 12.0 Å². The van der Waals surface area contributed by atoms with Crippen LogP contribution in [0.2, 0.25) is 0 Å². The van der Waals surface area contributed by atoms with Crippen LogP contribution >= 0.6 is 0 Å². The van der Waals surface area contributed by atoms with Crippen molar-refractivity contribution in [2.75, 3.05) is 0 Å². The van der Waals surface area contributed by atoms with Crippen molar-refractivity contribution in [3.8, 4) is 5.75 Å². The van der Waals surface area contributed by atoms with Crippen molar-refractivity contribution in [1.82, 2.24) is 0 Å². The van der Waals surface area contributed by atoms with E-state index in [4.69, 9.17) is 10.8 Å². The summed E-state index contributed by atoms with van der Waals surface area (Å²) in [6.07, 6.45) is -0.293. The number of hydrogen-bond acceptors (Lipinski definition) is 3. The molecule has 0 saturated carbocycles. The van der Waals surface area contributed by atoms with Gasteiger partial charge in [0.2, 0.25) is 0 Å². The fraction of sp³-hybridized carbons (Fsp3) is 0.400. The summed E-state index contributed by atoms with van der Waals surface area (Å²) in [7, 11) is 0. The minimum atomic E-state index is -0.893. The summed E-state index contributed by atoms with van der Waals surface area (Å²) in [5.41, 5.74) is 5.99. The van der Waals surface area contributed by atoms with Crippen LogP contribution in [0.1, 0.15) is 25.0 Å². The average Bonchev–Trinajstić information content (AvgIpc) is 2.20. The highest BCUT2D eigenvalue weighted by Gasteiger charge is 2.16. The van der Waals surface area contributed by atoms with E-state index in [0.717, 1.165) is 6.07 Å². The van der Waals surface area contributed by atoms with Crippen molar-refractivity contribution in [1.29, 1.82) is 0 Å². The normalized spacial score (nSPS) is 15.1. The van der Waals surface area contributed by atoms with Crippen molar-refractivity contribution in [2.45, 2.75) is 25.5 Å². The monoisotopic (exact) mass is 199 g/mol. The predicted octanol–water partition coefficient (Wildman–Crippen LogP) is 1.30. The Morgan fingerprint density at radius 3 is 2.64 bits per heavy atom. The van der Waals surface area contributed by atoms with Gasteiger partial charge in [0.05, 0.1) is 6.10 Å². The number of halogens is 1. The van der Waals surface area contributed by atoms with Crippen LogP contribution in [0.4, 0.5) is 4.39 Å². The molecule has 0 aliphatic rings. The predicted molar refractivity (Wildman–Crippen MR) is 51.3 cm³/mol. The fourth-order valence-electron chi connectivity index (χ4n) is 1.18. The zero-order valence-corrected chi connectivity index (χ0v) is 7.94. The molecule has 3 nitrogen and oxygen atoms in total. The number of rotatable bonds is 3. The molecule has 1 aromatic rings. The molecule has 1 rings (SSSR count). The molecule has 0 aliphatic heterocycles. The Balaban J connectivity index is 2.91. The van der Waals surface area contributed by atoms with Crippen molar-refractivity contribution in [3.63, 3.8) is 0 Å². The lowest BCUT2D eigenvalue weighted by Gasteiger charge is -2.17. The minimum Gasteiger partial charge on any atom is -0.505 e. The lowest BCUT2D eigenvalue weighted by molar-refractivity contribution is 0.144. The van der Waals surface area contributed by atoms with Crippen LogP contribution in [0, 0.1) is 5.82 Å². The number of phenolic OH excluding ortho intramolecular Hbond substituents is 1. The van der Waals surface area contributed by atoms with Crippen LogP contribution in [0.5, 0.6) is 5.75 Å². The number of benzene rings is 1. The van der Waals surface area contributed by atoms with Gasteiger partial charge in [-0.1, -0.05) is 13.0 Å². The zero-order chi connectivity index (χ0) is 10.7. The summed E-state index contributed by atoms with van der Waals surface area (Å²) in [5.74, 6) is -1.17. The Morgan fingerprint density at radius 2 is 2.14 bits per heavy atom. The smallest absolute Gasteiger partial charge is 0.165 e. The second-order valence-corrected chi connectivity index (χ2v) is 3.23. The summed E-state index contributed by atoms with van der Waals surface area (Å²) in [6, 6.07) is 3.34. The molecular formula is C10H14FNO2. The first-order valence-corrected chi connectivity index (χ1v) is 4.48. The summed E-state index contributed by atoms with van der Waals surface area (Å²) in [5, 5.41) is 18.6. The second kappa shape index (κ2) is 4.39. The van der Waals surface area contributed by atoms with Crippen LogP contribution < -0.4 is 5.73 Å². The highest BCUT2D eigenvalue weighted by Crippen LogP contribution is 2.22. The highest BCUT2D eigenvalue weighted by atomic mass is 19.1.